The quantitative estimate of drug-likeness (QED) is 0.748. The molecule has 0 fully saturated rings. The van der Waals surface area contributed by atoms with Gasteiger partial charge in [-0.3, -0.25) is 4.79 Å². The minimum absolute atomic E-state index is 0.304. The fourth-order valence-corrected chi connectivity index (χ4v) is 2.95. The number of aromatic nitrogens is 2. The summed E-state index contributed by atoms with van der Waals surface area (Å²) in [4.78, 5) is 13.1. The normalized spacial score (nSPS) is 10.5. The third-order valence-electron chi connectivity index (χ3n) is 3.43. The number of carbonyl (C=O) groups is 1. The Hall–Kier alpha value is -2.44. The highest BCUT2D eigenvalue weighted by molar-refractivity contribution is 7.08. The monoisotopic (exact) mass is 359 g/mol. The molecule has 0 unspecified atom stereocenters. The second-order valence-corrected chi connectivity index (χ2v) is 6.31. The van der Waals surface area contributed by atoms with Gasteiger partial charge in [-0.15, -0.1) is 5.10 Å². The van der Waals surface area contributed by atoms with E-state index in [4.69, 9.17) is 16.3 Å². The number of hydrogen-bond acceptors (Lipinski definition) is 5. The maximum atomic E-state index is 12.6. The first-order valence-corrected chi connectivity index (χ1v) is 8.28. The Morgan fingerprint density at radius 2 is 1.96 bits per heavy atom. The summed E-state index contributed by atoms with van der Waals surface area (Å²) in [5.74, 6) is 0.225. The molecule has 0 aliphatic rings. The van der Waals surface area contributed by atoms with Crippen LogP contribution < -0.4 is 10.1 Å². The molecule has 7 heteroatoms. The smallest absolute Gasteiger partial charge is 0.269 e. The Balaban J connectivity index is 1.91. The number of aryl methyl sites for hydroxylation is 1. The first kappa shape index (κ1) is 16.4. The zero-order valence-electron chi connectivity index (χ0n) is 13.0. The number of hydrogen-bond donors (Lipinski definition) is 1. The molecular weight excluding hydrogens is 346 g/mol. The summed E-state index contributed by atoms with van der Waals surface area (Å²) in [6.45, 7) is 2.00. The second kappa shape index (κ2) is 6.98. The van der Waals surface area contributed by atoms with Crippen molar-refractivity contribution in [2.24, 2.45) is 0 Å². The van der Waals surface area contributed by atoms with Crippen molar-refractivity contribution in [1.82, 2.24) is 9.59 Å². The number of nitrogens with one attached hydrogen (secondary N) is 1. The molecule has 1 amide bonds. The molecule has 5 nitrogen and oxygen atoms in total. The highest BCUT2D eigenvalue weighted by Gasteiger charge is 2.19. The topological polar surface area (TPSA) is 64.1 Å². The van der Waals surface area contributed by atoms with Crippen molar-refractivity contribution < 1.29 is 9.53 Å². The van der Waals surface area contributed by atoms with Crippen LogP contribution >= 0.6 is 23.1 Å². The van der Waals surface area contributed by atoms with E-state index in [-0.39, 0.29) is 5.91 Å². The lowest BCUT2D eigenvalue weighted by atomic mass is 10.1. The maximum Gasteiger partial charge on any atom is 0.269 e. The van der Waals surface area contributed by atoms with Gasteiger partial charge >= 0.3 is 0 Å². The lowest BCUT2D eigenvalue weighted by molar-refractivity contribution is 0.103. The molecule has 3 aromatic rings. The van der Waals surface area contributed by atoms with Crippen molar-refractivity contribution >= 4 is 34.7 Å². The number of nitrogens with zero attached hydrogens (tertiary/aromatic N) is 2. The van der Waals surface area contributed by atoms with Crippen molar-refractivity contribution in [3.63, 3.8) is 0 Å². The predicted molar refractivity (Wildman–Crippen MR) is 96.0 cm³/mol. The lowest BCUT2D eigenvalue weighted by Gasteiger charge is -2.10. The average molecular weight is 360 g/mol. The number of halogens is 1. The third-order valence-corrected chi connectivity index (χ3v) is 4.39. The maximum absolute atomic E-state index is 12.6. The van der Waals surface area contributed by atoms with Gasteiger partial charge < -0.3 is 10.1 Å². The summed E-state index contributed by atoms with van der Waals surface area (Å²) in [6.07, 6.45) is 0. The van der Waals surface area contributed by atoms with E-state index in [2.05, 4.69) is 14.9 Å². The number of anilines is 1. The van der Waals surface area contributed by atoms with Gasteiger partial charge in [-0.2, -0.15) is 0 Å². The molecule has 1 heterocycles. The van der Waals surface area contributed by atoms with E-state index in [1.165, 1.54) is 7.11 Å². The summed E-state index contributed by atoms with van der Waals surface area (Å²) >= 11 is 7.04. The Morgan fingerprint density at radius 1 is 1.21 bits per heavy atom. The highest BCUT2D eigenvalue weighted by atomic mass is 35.5. The number of carbonyl (C=O) groups excluding carboxylic acids is 1. The summed E-state index contributed by atoms with van der Waals surface area (Å²) in [5, 5.41) is 7.40. The van der Waals surface area contributed by atoms with E-state index < -0.39 is 0 Å². The van der Waals surface area contributed by atoms with Gasteiger partial charge in [0.15, 0.2) is 0 Å². The van der Waals surface area contributed by atoms with Crippen LogP contribution in [-0.4, -0.2) is 22.6 Å². The molecule has 0 saturated heterocycles. The Bertz CT molecular complexity index is 878. The molecule has 0 atom stereocenters. The Labute approximate surface area is 148 Å². The fourth-order valence-electron chi connectivity index (χ4n) is 2.20. The van der Waals surface area contributed by atoms with E-state index in [1.807, 2.05) is 31.2 Å². The molecule has 0 radical (unpaired) electrons. The molecule has 0 bridgehead atoms. The number of ether oxygens (including phenoxy) is 1. The number of methoxy groups -OCH3 is 1. The van der Waals surface area contributed by atoms with Crippen LogP contribution in [0.5, 0.6) is 5.75 Å². The highest BCUT2D eigenvalue weighted by Crippen LogP contribution is 2.30. The first-order chi connectivity index (χ1) is 11.6. The molecule has 0 aliphatic heterocycles. The standard InChI is InChI=1S/C17H14ClN3O2S/c1-10-3-5-11(6-4-10)15-16(24-21-20-15)17(22)19-13-9-12(18)7-8-14(13)23-2/h3-9H,1-2H3,(H,19,22). The van der Waals surface area contributed by atoms with E-state index in [0.717, 1.165) is 22.7 Å². The Kier molecular flexibility index (Phi) is 4.78. The summed E-state index contributed by atoms with van der Waals surface area (Å²) < 4.78 is 9.16. The molecule has 0 spiro atoms. The van der Waals surface area contributed by atoms with Gasteiger partial charge in [-0.1, -0.05) is 45.9 Å². The van der Waals surface area contributed by atoms with Gasteiger partial charge in [0.1, 0.15) is 16.3 Å². The molecule has 0 aliphatic carbocycles. The van der Waals surface area contributed by atoms with Crippen molar-refractivity contribution in [2.45, 2.75) is 6.92 Å². The van der Waals surface area contributed by atoms with Gasteiger partial charge in [-0.05, 0) is 36.7 Å². The lowest BCUT2D eigenvalue weighted by Crippen LogP contribution is -2.12. The summed E-state index contributed by atoms with van der Waals surface area (Å²) in [5.41, 5.74) is 3.03. The van der Waals surface area contributed by atoms with Crippen LogP contribution in [0.25, 0.3) is 11.3 Å². The second-order valence-electron chi connectivity index (χ2n) is 5.12. The third kappa shape index (κ3) is 3.39. The molecule has 0 saturated carbocycles. The van der Waals surface area contributed by atoms with Crippen LogP contribution in [0.2, 0.25) is 5.02 Å². The Morgan fingerprint density at radius 3 is 2.67 bits per heavy atom. The van der Waals surface area contributed by atoms with Crippen LogP contribution in [0.3, 0.4) is 0 Å². The summed E-state index contributed by atoms with van der Waals surface area (Å²) in [6, 6.07) is 12.8. The number of benzene rings is 2. The van der Waals surface area contributed by atoms with Crippen LogP contribution in [-0.2, 0) is 0 Å². The van der Waals surface area contributed by atoms with E-state index in [0.29, 0.717) is 27.0 Å². The number of rotatable bonds is 4. The number of amides is 1. The van der Waals surface area contributed by atoms with Crippen LogP contribution in [0.15, 0.2) is 42.5 Å². The zero-order valence-corrected chi connectivity index (χ0v) is 14.6. The predicted octanol–water partition coefficient (Wildman–Crippen LogP) is 4.43. The van der Waals surface area contributed by atoms with Gasteiger partial charge in [0.25, 0.3) is 5.91 Å². The molecule has 24 heavy (non-hydrogen) atoms. The first-order valence-electron chi connectivity index (χ1n) is 7.13. The minimum Gasteiger partial charge on any atom is -0.495 e. The van der Waals surface area contributed by atoms with E-state index in [1.54, 1.807) is 18.2 Å². The molecule has 3 rings (SSSR count). The van der Waals surface area contributed by atoms with Crippen molar-refractivity contribution in [3.05, 3.63) is 57.9 Å². The van der Waals surface area contributed by atoms with Crippen molar-refractivity contribution in [3.8, 4) is 17.0 Å². The van der Waals surface area contributed by atoms with Crippen LogP contribution in [0.1, 0.15) is 15.2 Å². The molecular formula is C17H14ClN3O2S. The molecule has 2 aromatic carbocycles. The SMILES string of the molecule is COc1ccc(Cl)cc1NC(=O)c1snnc1-c1ccc(C)cc1. The van der Waals surface area contributed by atoms with Crippen molar-refractivity contribution in [2.75, 3.05) is 12.4 Å². The van der Waals surface area contributed by atoms with Gasteiger partial charge in [-0.25, -0.2) is 0 Å². The summed E-state index contributed by atoms with van der Waals surface area (Å²) in [7, 11) is 1.53. The average Bonchev–Trinajstić information content (AvgIpc) is 3.05. The van der Waals surface area contributed by atoms with Crippen LogP contribution in [0.4, 0.5) is 5.69 Å². The zero-order chi connectivity index (χ0) is 17.1. The minimum atomic E-state index is -0.304. The molecule has 1 N–H and O–H groups in total. The fraction of sp³-hybridized carbons (Fsp3) is 0.118. The molecule has 122 valence electrons. The van der Waals surface area contributed by atoms with E-state index in [9.17, 15) is 4.79 Å². The van der Waals surface area contributed by atoms with Gasteiger partial charge in [0.2, 0.25) is 0 Å². The molecule has 1 aromatic heterocycles. The van der Waals surface area contributed by atoms with Gasteiger partial charge in [0.05, 0.1) is 12.8 Å². The van der Waals surface area contributed by atoms with Crippen LogP contribution in [0, 0.1) is 6.92 Å². The largest absolute Gasteiger partial charge is 0.495 e. The van der Waals surface area contributed by atoms with E-state index >= 15 is 0 Å². The van der Waals surface area contributed by atoms with Crippen molar-refractivity contribution in [1.29, 1.82) is 0 Å². The van der Waals surface area contributed by atoms with Gasteiger partial charge in [0, 0.05) is 10.6 Å².